The first-order valence-corrected chi connectivity index (χ1v) is 6.46. The lowest BCUT2D eigenvalue weighted by Crippen LogP contribution is -1.98. The van der Waals surface area contributed by atoms with E-state index in [-0.39, 0.29) is 0 Å². The van der Waals surface area contributed by atoms with E-state index in [1.165, 1.54) is 18.4 Å². The maximum atomic E-state index is 5.74. The number of hydrogen-bond donors (Lipinski definition) is 1. The van der Waals surface area contributed by atoms with Gasteiger partial charge in [0.15, 0.2) is 11.5 Å². The van der Waals surface area contributed by atoms with Crippen LogP contribution in [0.4, 0.5) is 0 Å². The van der Waals surface area contributed by atoms with Crippen molar-refractivity contribution >= 4 is 11.1 Å². The fourth-order valence-corrected chi connectivity index (χ4v) is 2.12. The van der Waals surface area contributed by atoms with Gasteiger partial charge in [0.05, 0.1) is 0 Å². The van der Waals surface area contributed by atoms with Crippen molar-refractivity contribution in [3.05, 3.63) is 29.7 Å². The maximum absolute atomic E-state index is 5.74. The number of hydrogen-bond acceptors (Lipinski definition) is 3. The molecule has 1 aliphatic carbocycles. The van der Waals surface area contributed by atoms with Gasteiger partial charge in [-0.3, -0.25) is 0 Å². The van der Waals surface area contributed by atoms with Crippen molar-refractivity contribution in [2.24, 2.45) is 5.73 Å². The number of oxazole rings is 1. The van der Waals surface area contributed by atoms with Gasteiger partial charge in [-0.2, -0.15) is 0 Å². The molecule has 1 aliphatic rings. The first-order valence-electron chi connectivity index (χ1n) is 6.46. The minimum Gasteiger partial charge on any atom is -0.440 e. The average Bonchev–Trinajstić information content (AvgIpc) is 3.10. The Labute approximate surface area is 101 Å². The Morgan fingerprint density at radius 3 is 2.94 bits per heavy atom. The highest BCUT2D eigenvalue weighted by atomic mass is 16.3. The molecule has 0 spiro atoms. The van der Waals surface area contributed by atoms with E-state index in [2.05, 4.69) is 17.1 Å². The van der Waals surface area contributed by atoms with Crippen LogP contribution in [0.2, 0.25) is 0 Å². The van der Waals surface area contributed by atoms with E-state index in [0.717, 1.165) is 42.8 Å². The Balaban J connectivity index is 1.79. The lowest BCUT2D eigenvalue weighted by molar-refractivity contribution is 0.533. The smallest absolute Gasteiger partial charge is 0.198 e. The van der Waals surface area contributed by atoms with Gasteiger partial charge in [0.1, 0.15) is 5.52 Å². The summed E-state index contributed by atoms with van der Waals surface area (Å²) in [4.78, 5) is 4.57. The van der Waals surface area contributed by atoms with Gasteiger partial charge in [-0.25, -0.2) is 4.98 Å². The summed E-state index contributed by atoms with van der Waals surface area (Å²) in [5.41, 5.74) is 8.77. The number of nitrogens with zero attached hydrogens (tertiary/aromatic N) is 1. The SMILES string of the molecule is NCCCCc1ccc2oc(C3CC3)nc2c1. The predicted molar refractivity (Wildman–Crippen MR) is 68.0 cm³/mol. The fraction of sp³-hybridized carbons (Fsp3) is 0.500. The van der Waals surface area contributed by atoms with Gasteiger partial charge in [-0.05, 0) is 56.3 Å². The zero-order valence-corrected chi connectivity index (χ0v) is 9.98. The number of aryl methyl sites for hydroxylation is 1. The van der Waals surface area contributed by atoms with E-state index in [0.29, 0.717) is 5.92 Å². The molecular weight excluding hydrogens is 212 g/mol. The molecule has 3 heteroatoms. The number of nitrogens with two attached hydrogens (primary N) is 1. The molecule has 0 bridgehead atoms. The van der Waals surface area contributed by atoms with Gasteiger partial charge >= 0.3 is 0 Å². The van der Waals surface area contributed by atoms with Crippen LogP contribution in [0.3, 0.4) is 0 Å². The van der Waals surface area contributed by atoms with Crippen LogP contribution in [-0.2, 0) is 6.42 Å². The van der Waals surface area contributed by atoms with Gasteiger partial charge in [-0.15, -0.1) is 0 Å². The monoisotopic (exact) mass is 230 g/mol. The molecule has 90 valence electrons. The van der Waals surface area contributed by atoms with Crippen LogP contribution in [-0.4, -0.2) is 11.5 Å². The lowest BCUT2D eigenvalue weighted by Gasteiger charge is -1.99. The van der Waals surface area contributed by atoms with Crippen LogP contribution in [0, 0.1) is 0 Å². The highest BCUT2D eigenvalue weighted by molar-refractivity contribution is 5.73. The summed E-state index contributed by atoms with van der Waals surface area (Å²) in [6.07, 6.45) is 5.78. The van der Waals surface area contributed by atoms with E-state index in [1.807, 2.05) is 6.07 Å². The molecule has 0 radical (unpaired) electrons. The summed E-state index contributed by atoms with van der Waals surface area (Å²) < 4.78 is 5.74. The Kier molecular flexibility index (Phi) is 2.85. The number of benzene rings is 1. The molecule has 0 amide bonds. The molecule has 3 rings (SSSR count). The first kappa shape index (κ1) is 10.8. The van der Waals surface area contributed by atoms with E-state index in [4.69, 9.17) is 10.2 Å². The quantitative estimate of drug-likeness (QED) is 0.803. The summed E-state index contributed by atoms with van der Waals surface area (Å²) in [5, 5.41) is 0. The number of rotatable bonds is 5. The molecule has 0 atom stereocenters. The van der Waals surface area contributed by atoms with E-state index in [9.17, 15) is 0 Å². The minimum atomic E-state index is 0.586. The highest BCUT2D eigenvalue weighted by Crippen LogP contribution is 2.40. The second-order valence-corrected chi connectivity index (χ2v) is 4.87. The Hall–Kier alpha value is -1.35. The molecule has 1 aromatic carbocycles. The fourth-order valence-electron chi connectivity index (χ4n) is 2.12. The molecule has 2 aromatic rings. The van der Waals surface area contributed by atoms with Crippen LogP contribution in [0.25, 0.3) is 11.1 Å². The Morgan fingerprint density at radius 2 is 2.18 bits per heavy atom. The number of fused-ring (bicyclic) bond motifs is 1. The second-order valence-electron chi connectivity index (χ2n) is 4.87. The van der Waals surface area contributed by atoms with Gasteiger partial charge in [0.25, 0.3) is 0 Å². The molecule has 1 fully saturated rings. The van der Waals surface area contributed by atoms with Crippen LogP contribution < -0.4 is 5.73 Å². The van der Waals surface area contributed by atoms with Crippen molar-refractivity contribution in [3.63, 3.8) is 0 Å². The third-order valence-electron chi connectivity index (χ3n) is 3.31. The summed E-state index contributed by atoms with van der Waals surface area (Å²) in [7, 11) is 0. The first-order chi connectivity index (χ1) is 8.36. The average molecular weight is 230 g/mol. The third kappa shape index (κ3) is 2.34. The van der Waals surface area contributed by atoms with Crippen LogP contribution >= 0.6 is 0 Å². The number of unbranched alkanes of at least 4 members (excludes halogenated alkanes) is 1. The normalized spacial score (nSPS) is 15.6. The molecule has 17 heavy (non-hydrogen) atoms. The van der Waals surface area contributed by atoms with E-state index < -0.39 is 0 Å². The second kappa shape index (κ2) is 4.49. The third-order valence-corrected chi connectivity index (χ3v) is 3.31. The van der Waals surface area contributed by atoms with Gasteiger partial charge in [0, 0.05) is 5.92 Å². The summed E-state index contributed by atoms with van der Waals surface area (Å²) >= 11 is 0. The van der Waals surface area contributed by atoms with Gasteiger partial charge in [0.2, 0.25) is 0 Å². The number of aromatic nitrogens is 1. The van der Waals surface area contributed by atoms with Gasteiger partial charge < -0.3 is 10.2 Å². The standard InChI is InChI=1S/C14H18N2O/c15-8-2-1-3-10-4-7-13-12(9-10)16-14(17-13)11-5-6-11/h4,7,9,11H,1-3,5-6,8,15H2. The van der Waals surface area contributed by atoms with E-state index in [1.54, 1.807) is 0 Å². The summed E-state index contributed by atoms with van der Waals surface area (Å²) in [6, 6.07) is 6.34. The molecule has 2 N–H and O–H groups in total. The molecule has 0 aliphatic heterocycles. The molecule has 1 aromatic heterocycles. The molecule has 1 heterocycles. The summed E-state index contributed by atoms with van der Waals surface area (Å²) in [6.45, 7) is 0.776. The van der Waals surface area contributed by atoms with Gasteiger partial charge in [-0.1, -0.05) is 6.07 Å². The molecule has 3 nitrogen and oxygen atoms in total. The molecule has 0 unspecified atom stereocenters. The molecular formula is C14H18N2O. The van der Waals surface area contributed by atoms with Crippen molar-refractivity contribution in [1.29, 1.82) is 0 Å². The van der Waals surface area contributed by atoms with Crippen molar-refractivity contribution in [1.82, 2.24) is 4.98 Å². The molecule has 1 saturated carbocycles. The maximum Gasteiger partial charge on any atom is 0.198 e. The van der Waals surface area contributed by atoms with Crippen molar-refractivity contribution < 1.29 is 4.42 Å². The Morgan fingerprint density at radius 1 is 1.29 bits per heavy atom. The van der Waals surface area contributed by atoms with Crippen molar-refractivity contribution in [2.75, 3.05) is 6.54 Å². The van der Waals surface area contributed by atoms with Crippen molar-refractivity contribution in [3.8, 4) is 0 Å². The highest BCUT2D eigenvalue weighted by Gasteiger charge is 2.28. The van der Waals surface area contributed by atoms with Crippen LogP contribution in [0.15, 0.2) is 22.6 Å². The molecule has 0 saturated heterocycles. The van der Waals surface area contributed by atoms with Crippen LogP contribution in [0.1, 0.15) is 43.1 Å². The van der Waals surface area contributed by atoms with Crippen molar-refractivity contribution in [2.45, 2.75) is 38.0 Å². The lowest BCUT2D eigenvalue weighted by atomic mass is 10.1. The Bertz CT molecular complexity index is 514. The van der Waals surface area contributed by atoms with Crippen LogP contribution in [0.5, 0.6) is 0 Å². The zero-order chi connectivity index (χ0) is 11.7. The predicted octanol–water partition coefficient (Wildman–Crippen LogP) is 2.99. The zero-order valence-electron chi connectivity index (χ0n) is 9.98. The summed E-state index contributed by atoms with van der Waals surface area (Å²) in [5.74, 6) is 1.52. The topological polar surface area (TPSA) is 52.0 Å². The minimum absolute atomic E-state index is 0.586. The van der Waals surface area contributed by atoms with E-state index >= 15 is 0 Å². The largest absolute Gasteiger partial charge is 0.440 e.